The molecule has 0 aromatic rings. The summed E-state index contributed by atoms with van der Waals surface area (Å²) in [4.78, 5) is 27.3. The summed E-state index contributed by atoms with van der Waals surface area (Å²) in [5.74, 6) is -0.370. The molecule has 1 unspecified atom stereocenters. The summed E-state index contributed by atoms with van der Waals surface area (Å²) in [6, 6.07) is -0.860. The summed E-state index contributed by atoms with van der Waals surface area (Å²) in [6.07, 6.45) is 4.56. The van der Waals surface area contributed by atoms with Gasteiger partial charge in [-0.1, -0.05) is 6.92 Å². The molecule has 6 nitrogen and oxygen atoms in total. The van der Waals surface area contributed by atoms with Crippen LogP contribution in [0, 0.1) is 5.92 Å². The molecule has 2 N–H and O–H groups in total. The Kier molecular flexibility index (Phi) is 5.85. The van der Waals surface area contributed by atoms with Crippen molar-refractivity contribution >= 4 is 12.0 Å². The Hall–Kier alpha value is -1.30. The fourth-order valence-electron chi connectivity index (χ4n) is 3.27. The number of nitrogens with zero attached hydrogens (tertiary/aromatic N) is 2. The molecule has 0 saturated carbocycles. The molecule has 2 fully saturated rings. The molecule has 0 radical (unpaired) electrons. The average Bonchev–Trinajstić information content (AvgIpc) is 2.53. The van der Waals surface area contributed by atoms with E-state index in [0.717, 1.165) is 45.3 Å². The molecule has 0 aromatic carbocycles. The maximum absolute atomic E-state index is 12.2. The number of likely N-dealkylation sites (tertiary alicyclic amines) is 2. The number of urea groups is 1. The van der Waals surface area contributed by atoms with E-state index in [9.17, 15) is 14.7 Å². The van der Waals surface area contributed by atoms with Gasteiger partial charge in [0.05, 0.1) is 0 Å². The molecule has 2 saturated heterocycles. The van der Waals surface area contributed by atoms with Crippen LogP contribution in [0.2, 0.25) is 0 Å². The third-order valence-electron chi connectivity index (χ3n) is 4.75. The number of piperidine rings is 2. The van der Waals surface area contributed by atoms with E-state index in [4.69, 9.17) is 0 Å². The van der Waals surface area contributed by atoms with Gasteiger partial charge in [0.1, 0.15) is 6.04 Å². The van der Waals surface area contributed by atoms with Crippen LogP contribution >= 0.6 is 0 Å². The van der Waals surface area contributed by atoms with Gasteiger partial charge in [0.15, 0.2) is 0 Å². The lowest BCUT2D eigenvalue weighted by atomic mass is 9.97. The third kappa shape index (κ3) is 4.33. The molecular weight excluding hydrogens is 270 g/mol. The summed E-state index contributed by atoms with van der Waals surface area (Å²) >= 11 is 0. The topological polar surface area (TPSA) is 72.9 Å². The predicted molar refractivity (Wildman–Crippen MR) is 80.2 cm³/mol. The van der Waals surface area contributed by atoms with Gasteiger partial charge in [-0.2, -0.15) is 0 Å². The van der Waals surface area contributed by atoms with E-state index in [2.05, 4.69) is 17.1 Å². The Morgan fingerprint density at radius 2 is 1.86 bits per heavy atom. The van der Waals surface area contributed by atoms with Crippen molar-refractivity contribution < 1.29 is 14.7 Å². The first-order valence-electron chi connectivity index (χ1n) is 8.11. The minimum absolute atomic E-state index is 0.208. The van der Waals surface area contributed by atoms with Crippen LogP contribution in [0.15, 0.2) is 0 Å². The van der Waals surface area contributed by atoms with Crippen LogP contribution in [-0.4, -0.2) is 65.7 Å². The number of hydrogen-bond acceptors (Lipinski definition) is 3. The van der Waals surface area contributed by atoms with E-state index in [-0.39, 0.29) is 6.03 Å². The quantitative estimate of drug-likeness (QED) is 0.822. The van der Waals surface area contributed by atoms with Crippen molar-refractivity contribution in [2.24, 2.45) is 5.92 Å². The highest BCUT2D eigenvalue weighted by molar-refractivity contribution is 5.82. The molecule has 6 heteroatoms. The SMILES string of the molecule is CCN1CCC(CNC(=O)N2CCCCC2C(=O)O)CC1. The largest absolute Gasteiger partial charge is 0.480 e. The second-order valence-electron chi connectivity index (χ2n) is 6.11. The van der Waals surface area contributed by atoms with Crippen molar-refractivity contribution in [1.82, 2.24) is 15.1 Å². The van der Waals surface area contributed by atoms with Gasteiger partial charge in [-0.3, -0.25) is 0 Å². The first-order valence-corrected chi connectivity index (χ1v) is 8.11. The van der Waals surface area contributed by atoms with Gasteiger partial charge in [0.25, 0.3) is 0 Å². The van der Waals surface area contributed by atoms with Crippen LogP contribution in [0.5, 0.6) is 0 Å². The summed E-state index contributed by atoms with van der Waals surface area (Å²) in [6.45, 7) is 6.67. The van der Waals surface area contributed by atoms with E-state index in [1.807, 2.05) is 0 Å². The molecule has 21 heavy (non-hydrogen) atoms. The Morgan fingerprint density at radius 1 is 1.14 bits per heavy atom. The molecule has 1 atom stereocenters. The first kappa shape index (κ1) is 16.1. The first-order chi connectivity index (χ1) is 10.1. The number of aliphatic carboxylic acids is 1. The molecule has 2 aliphatic rings. The Balaban J connectivity index is 1.77. The number of amides is 2. The number of carbonyl (C=O) groups excluding carboxylic acids is 1. The van der Waals surface area contributed by atoms with Crippen molar-refractivity contribution in [3.05, 3.63) is 0 Å². The van der Waals surface area contributed by atoms with Gasteiger partial charge in [0.2, 0.25) is 0 Å². The smallest absolute Gasteiger partial charge is 0.326 e. The molecular formula is C15H27N3O3. The van der Waals surface area contributed by atoms with Crippen LogP contribution in [0.25, 0.3) is 0 Å². The minimum Gasteiger partial charge on any atom is -0.480 e. The average molecular weight is 297 g/mol. The lowest BCUT2D eigenvalue weighted by molar-refractivity contribution is -0.143. The number of nitrogens with one attached hydrogen (secondary N) is 1. The molecule has 2 amide bonds. The monoisotopic (exact) mass is 297 g/mol. The van der Waals surface area contributed by atoms with Gasteiger partial charge in [-0.25, -0.2) is 9.59 Å². The predicted octanol–water partition coefficient (Wildman–Crippen LogP) is 1.37. The van der Waals surface area contributed by atoms with E-state index >= 15 is 0 Å². The number of rotatable bonds is 4. The molecule has 120 valence electrons. The summed E-state index contributed by atoms with van der Waals surface area (Å²) in [5.41, 5.74) is 0. The second-order valence-corrected chi connectivity index (χ2v) is 6.11. The lowest BCUT2D eigenvalue weighted by Crippen LogP contribution is -2.52. The zero-order valence-corrected chi connectivity index (χ0v) is 12.9. The molecule has 0 aromatic heterocycles. The molecule has 0 spiro atoms. The summed E-state index contributed by atoms with van der Waals surface area (Å²) in [7, 11) is 0. The Morgan fingerprint density at radius 3 is 2.48 bits per heavy atom. The van der Waals surface area contributed by atoms with Gasteiger partial charge < -0.3 is 20.2 Å². The standard InChI is InChI=1S/C15H27N3O3/c1-2-17-9-6-12(7-10-17)11-16-15(21)18-8-4-3-5-13(18)14(19)20/h12-13H,2-11H2,1H3,(H,16,21)(H,19,20). The van der Waals surface area contributed by atoms with Crippen LogP contribution < -0.4 is 5.32 Å². The fourth-order valence-corrected chi connectivity index (χ4v) is 3.27. The number of carboxylic acids is 1. The van der Waals surface area contributed by atoms with Gasteiger partial charge in [0, 0.05) is 13.1 Å². The highest BCUT2D eigenvalue weighted by Crippen LogP contribution is 2.19. The van der Waals surface area contributed by atoms with Gasteiger partial charge >= 0.3 is 12.0 Å². The third-order valence-corrected chi connectivity index (χ3v) is 4.75. The maximum Gasteiger partial charge on any atom is 0.326 e. The highest BCUT2D eigenvalue weighted by atomic mass is 16.4. The highest BCUT2D eigenvalue weighted by Gasteiger charge is 2.32. The lowest BCUT2D eigenvalue weighted by Gasteiger charge is -2.34. The molecule has 2 heterocycles. The Bertz CT molecular complexity index is 367. The molecule has 0 aliphatic carbocycles. The number of hydrogen-bond donors (Lipinski definition) is 2. The van der Waals surface area contributed by atoms with Crippen LogP contribution in [0.4, 0.5) is 4.79 Å². The molecule has 2 aliphatic heterocycles. The molecule has 0 bridgehead atoms. The van der Waals surface area contributed by atoms with Gasteiger partial charge in [-0.05, 0) is 57.7 Å². The van der Waals surface area contributed by atoms with Crippen LogP contribution in [0.1, 0.15) is 39.0 Å². The number of carbonyl (C=O) groups is 2. The normalized spacial score (nSPS) is 24.8. The van der Waals surface area contributed by atoms with E-state index < -0.39 is 12.0 Å². The van der Waals surface area contributed by atoms with Crippen molar-refractivity contribution in [1.29, 1.82) is 0 Å². The maximum atomic E-state index is 12.2. The fraction of sp³-hybridized carbons (Fsp3) is 0.867. The number of carboxylic acid groups (broad SMARTS) is 1. The van der Waals surface area contributed by atoms with Crippen molar-refractivity contribution in [3.8, 4) is 0 Å². The van der Waals surface area contributed by atoms with Crippen molar-refractivity contribution in [2.45, 2.75) is 45.1 Å². The van der Waals surface area contributed by atoms with Crippen LogP contribution in [-0.2, 0) is 4.79 Å². The van der Waals surface area contributed by atoms with Crippen LogP contribution in [0.3, 0.4) is 0 Å². The summed E-state index contributed by atoms with van der Waals surface area (Å²) in [5, 5.41) is 12.1. The van der Waals surface area contributed by atoms with Crippen molar-refractivity contribution in [3.63, 3.8) is 0 Å². The van der Waals surface area contributed by atoms with E-state index in [1.54, 1.807) is 0 Å². The zero-order valence-electron chi connectivity index (χ0n) is 12.9. The zero-order chi connectivity index (χ0) is 15.2. The van der Waals surface area contributed by atoms with Gasteiger partial charge in [-0.15, -0.1) is 0 Å². The van der Waals surface area contributed by atoms with Crippen molar-refractivity contribution in [2.75, 3.05) is 32.7 Å². The van der Waals surface area contributed by atoms with E-state index in [0.29, 0.717) is 25.4 Å². The minimum atomic E-state index is -0.888. The second kappa shape index (κ2) is 7.64. The summed E-state index contributed by atoms with van der Waals surface area (Å²) < 4.78 is 0. The Labute approximate surface area is 126 Å². The molecule has 2 rings (SSSR count). The van der Waals surface area contributed by atoms with E-state index in [1.165, 1.54) is 4.90 Å².